The fourth-order valence-corrected chi connectivity index (χ4v) is 2.77. The van der Waals surface area contributed by atoms with E-state index in [1.807, 2.05) is 41.7 Å². The second-order valence-corrected chi connectivity index (χ2v) is 6.10. The van der Waals surface area contributed by atoms with E-state index in [1.54, 1.807) is 17.0 Å². The minimum absolute atomic E-state index is 0.253. The zero-order valence-corrected chi connectivity index (χ0v) is 17.2. The second kappa shape index (κ2) is 10.3. The van der Waals surface area contributed by atoms with Crippen molar-refractivity contribution < 1.29 is 8.78 Å². The Morgan fingerprint density at radius 3 is 2.08 bits per heavy atom. The topological polar surface area (TPSA) is 17.8 Å². The number of benzene rings is 1. The fraction of sp³-hybridized carbons (Fsp3) is 0.571. The molecule has 1 atom stereocenters. The number of hydrogen-bond acceptors (Lipinski definition) is 1. The van der Waals surface area contributed by atoms with E-state index in [0.717, 1.165) is 12.5 Å². The van der Waals surface area contributed by atoms with Crippen LogP contribution in [0.25, 0.3) is 11.4 Å². The first-order valence-corrected chi connectivity index (χ1v) is 9.28. The van der Waals surface area contributed by atoms with Gasteiger partial charge in [-0.05, 0) is 29.4 Å². The number of halogens is 2. The normalized spacial score (nSPS) is 12.6. The summed E-state index contributed by atoms with van der Waals surface area (Å²) in [5.41, 5.74) is 0.776. The Kier molecular flexibility index (Phi) is 9.61. The molecule has 4 heteroatoms. The first-order chi connectivity index (χ1) is 11.8. The molecule has 2 nitrogen and oxygen atoms in total. The fourth-order valence-electron chi connectivity index (χ4n) is 2.77. The van der Waals surface area contributed by atoms with E-state index in [9.17, 15) is 8.78 Å². The van der Waals surface area contributed by atoms with Crippen LogP contribution < -0.4 is 0 Å². The maximum atomic E-state index is 14.5. The molecule has 0 aliphatic rings. The van der Waals surface area contributed by atoms with Gasteiger partial charge in [-0.2, -0.15) is 0 Å². The Morgan fingerprint density at radius 1 is 1.12 bits per heavy atom. The SMILES string of the molecule is CC.CC.CCC(C)(c1cc(F)cc(F)c1-c1nccn1C)C(C)C. The molecule has 0 aliphatic heterocycles. The van der Waals surface area contributed by atoms with Crippen LogP contribution in [0.15, 0.2) is 24.5 Å². The molecule has 1 aromatic heterocycles. The molecule has 2 aromatic rings. The van der Waals surface area contributed by atoms with Gasteiger partial charge in [-0.3, -0.25) is 0 Å². The van der Waals surface area contributed by atoms with Crippen LogP contribution in [-0.4, -0.2) is 9.55 Å². The van der Waals surface area contributed by atoms with Crippen molar-refractivity contribution in [3.05, 3.63) is 41.7 Å². The molecule has 25 heavy (non-hydrogen) atoms. The highest BCUT2D eigenvalue weighted by atomic mass is 19.1. The van der Waals surface area contributed by atoms with Crippen LogP contribution in [0.2, 0.25) is 0 Å². The summed E-state index contributed by atoms with van der Waals surface area (Å²) in [7, 11) is 1.81. The van der Waals surface area contributed by atoms with Crippen molar-refractivity contribution in [2.45, 2.75) is 67.2 Å². The second-order valence-electron chi connectivity index (χ2n) is 6.10. The van der Waals surface area contributed by atoms with E-state index in [-0.39, 0.29) is 11.3 Å². The summed E-state index contributed by atoms with van der Waals surface area (Å²) in [5, 5.41) is 0. The predicted octanol–water partition coefficient (Wildman–Crippen LogP) is 6.74. The lowest BCUT2D eigenvalue weighted by atomic mass is 9.69. The molecular weight excluding hydrogens is 318 g/mol. The largest absolute Gasteiger partial charge is 0.334 e. The molecule has 142 valence electrons. The average molecular weight is 353 g/mol. The first-order valence-electron chi connectivity index (χ1n) is 9.28. The molecule has 0 fully saturated rings. The minimum atomic E-state index is -0.556. The lowest BCUT2D eigenvalue weighted by molar-refractivity contribution is 0.324. The van der Waals surface area contributed by atoms with Gasteiger partial charge in [-0.1, -0.05) is 55.4 Å². The van der Waals surface area contributed by atoms with Crippen LogP contribution in [0, 0.1) is 17.6 Å². The first kappa shape index (κ1) is 23.3. The maximum absolute atomic E-state index is 14.5. The molecule has 1 heterocycles. The zero-order valence-electron chi connectivity index (χ0n) is 17.2. The molecule has 0 amide bonds. The Morgan fingerprint density at radius 2 is 1.68 bits per heavy atom. The van der Waals surface area contributed by atoms with Gasteiger partial charge >= 0.3 is 0 Å². The molecule has 0 aliphatic carbocycles. The highest BCUT2D eigenvalue weighted by Gasteiger charge is 2.33. The summed E-state index contributed by atoms with van der Waals surface area (Å²) in [6.45, 7) is 16.3. The highest BCUT2D eigenvalue weighted by Crippen LogP contribution is 2.41. The van der Waals surface area contributed by atoms with Crippen molar-refractivity contribution in [2.24, 2.45) is 13.0 Å². The average Bonchev–Trinajstić information content (AvgIpc) is 3.02. The van der Waals surface area contributed by atoms with Gasteiger partial charge in [-0.15, -0.1) is 0 Å². The van der Waals surface area contributed by atoms with Gasteiger partial charge in [0.25, 0.3) is 0 Å². The van der Waals surface area contributed by atoms with E-state index in [4.69, 9.17) is 0 Å². The van der Waals surface area contributed by atoms with Crippen LogP contribution in [0.4, 0.5) is 8.78 Å². The number of imidazole rings is 1. The Balaban J connectivity index is 0.00000134. The highest BCUT2D eigenvalue weighted by molar-refractivity contribution is 5.64. The third-order valence-electron chi connectivity index (χ3n) is 4.72. The summed E-state index contributed by atoms with van der Waals surface area (Å²) in [5.74, 6) is -0.314. The van der Waals surface area contributed by atoms with Crippen LogP contribution in [0.3, 0.4) is 0 Å². The molecule has 0 spiro atoms. The molecule has 0 saturated heterocycles. The number of aryl methyl sites for hydroxylation is 1. The molecule has 0 radical (unpaired) electrons. The van der Waals surface area contributed by atoms with Crippen molar-refractivity contribution in [3.8, 4) is 11.4 Å². The van der Waals surface area contributed by atoms with Gasteiger partial charge in [-0.25, -0.2) is 13.8 Å². The van der Waals surface area contributed by atoms with E-state index in [0.29, 0.717) is 17.0 Å². The Bertz CT molecular complexity index is 647. The van der Waals surface area contributed by atoms with Crippen molar-refractivity contribution in [3.63, 3.8) is 0 Å². The standard InChI is InChI=1S/C17H22F2N2.2C2H6/c1-6-17(4,11(2)3)13-9-12(18)10-14(19)15(13)16-20-7-8-21(16)5;2*1-2/h7-11H,6H2,1-5H3;2*1-2H3. The van der Waals surface area contributed by atoms with Crippen molar-refractivity contribution in [1.29, 1.82) is 0 Å². The molecule has 1 unspecified atom stereocenters. The Labute approximate surface area is 152 Å². The van der Waals surface area contributed by atoms with Crippen LogP contribution in [-0.2, 0) is 12.5 Å². The monoisotopic (exact) mass is 352 g/mol. The smallest absolute Gasteiger partial charge is 0.142 e. The number of nitrogens with zero attached hydrogens (tertiary/aromatic N) is 2. The summed E-state index contributed by atoms with van der Waals surface area (Å²) >= 11 is 0. The van der Waals surface area contributed by atoms with E-state index < -0.39 is 11.6 Å². The quantitative estimate of drug-likeness (QED) is 0.595. The molecule has 0 saturated carbocycles. The van der Waals surface area contributed by atoms with Gasteiger partial charge in [0.2, 0.25) is 0 Å². The summed E-state index contributed by atoms with van der Waals surface area (Å²) in [6.07, 6.45) is 4.19. The number of aromatic nitrogens is 2. The van der Waals surface area contributed by atoms with Crippen LogP contribution in [0.1, 0.15) is 67.4 Å². The van der Waals surface area contributed by atoms with Crippen molar-refractivity contribution >= 4 is 0 Å². The number of rotatable bonds is 4. The molecule has 0 bridgehead atoms. The molecule has 1 aromatic carbocycles. The van der Waals surface area contributed by atoms with E-state index >= 15 is 0 Å². The maximum Gasteiger partial charge on any atom is 0.142 e. The van der Waals surface area contributed by atoms with Gasteiger partial charge in [0, 0.05) is 25.5 Å². The zero-order chi connectivity index (χ0) is 19.8. The van der Waals surface area contributed by atoms with Crippen LogP contribution in [0.5, 0.6) is 0 Å². The van der Waals surface area contributed by atoms with E-state index in [2.05, 4.69) is 25.8 Å². The predicted molar refractivity (Wildman–Crippen MR) is 104 cm³/mol. The van der Waals surface area contributed by atoms with Gasteiger partial charge < -0.3 is 4.57 Å². The lowest BCUT2D eigenvalue weighted by Crippen LogP contribution is -2.29. The van der Waals surface area contributed by atoms with Crippen molar-refractivity contribution in [1.82, 2.24) is 9.55 Å². The molecule has 2 rings (SSSR count). The summed E-state index contributed by atoms with van der Waals surface area (Å²) < 4.78 is 30.1. The summed E-state index contributed by atoms with van der Waals surface area (Å²) in [6, 6.07) is 2.39. The number of hydrogen-bond donors (Lipinski definition) is 0. The van der Waals surface area contributed by atoms with Gasteiger partial charge in [0.15, 0.2) is 0 Å². The Hall–Kier alpha value is -1.71. The summed E-state index contributed by atoms with van der Waals surface area (Å²) in [4.78, 5) is 4.24. The lowest BCUT2D eigenvalue weighted by Gasteiger charge is -2.35. The third-order valence-corrected chi connectivity index (χ3v) is 4.72. The molecular formula is C21H34F2N2. The van der Waals surface area contributed by atoms with E-state index in [1.165, 1.54) is 6.07 Å². The van der Waals surface area contributed by atoms with Gasteiger partial charge in [0.1, 0.15) is 17.5 Å². The molecule has 0 N–H and O–H groups in total. The van der Waals surface area contributed by atoms with Crippen molar-refractivity contribution in [2.75, 3.05) is 0 Å². The third kappa shape index (κ3) is 4.90. The van der Waals surface area contributed by atoms with Crippen LogP contribution >= 0.6 is 0 Å². The minimum Gasteiger partial charge on any atom is -0.334 e. The van der Waals surface area contributed by atoms with Gasteiger partial charge in [0.05, 0.1) is 5.56 Å².